The van der Waals surface area contributed by atoms with Gasteiger partial charge in [0, 0.05) is 37.1 Å². The second-order valence-corrected chi connectivity index (χ2v) is 11.5. The summed E-state index contributed by atoms with van der Waals surface area (Å²) < 4.78 is 49.9. The van der Waals surface area contributed by atoms with Crippen LogP contribution in [0.5, 0.6) is 0 Å². The maximum Gasteiger partial charge on any atom is 0.475 e. The summed E-state index contributed by atoms with van der Waals surface area (Å²) in [6, 6.07) is 0. The van der Waals surface area contributed by atoms with E-state index in [4.69, 9.17) is 27.8 Å². The molecular formula is C23H31N4O13P. The Kier molecular flexibility index (Phi) is 8.61. The zero-order valence-electron chi connectivity index (χ0n) is 22.2. The van der Waals surface area contributed by atoms with Gasteiger partial charge in [-0.2, -0.15) is 0 Å². The Morgan fingerprint density at radius 3 is 2.54 bits per heavy atom. The molecule has 5 rings (SSSR count). The first-order chi connectivity index (χ1) is 19.5. The highest BCUT2D eigenvalue weighted by molar-refractivity contribution is 7.48. The van der Waals surface area contributed by atoms with Crippen LogP contribution in [0, 0.1) is 6.92 Å². The molecule has 5 heterocycles. The summed E-state index contributed by atoms with van der Waals surface area (Å²) in [6.07, 6.45) is -4.85. The van der Waals surface area contributed by atoms with E-state index in [1.54, 1.807) is 0 Å². The maximum absolute atomic E-state index is 13.8. The molecule has 0 radical (unpaired) electrons. The standard InChI is InChI=1S/C23H31N4O13P/c1-11-7-26(22(32)24-19(11)30)16-6-13(14(9-28)38-16)40-41(34)36-5-3-4-12-8-27(23(33)25-20(12)31)21-18(35-2)17(29)15(39-21)10-37-41/h7-8,13-18,21,28-29H,3-6,9-10H2,1-2H3,(H,24,30,32)(H,25,31,33)/t13-,14+,15+,16+,17+,18+,21+,41-/m0/s1. The van der Waals surface area contributed by atoms with Gasteiger partial charge in [0.2, 0.25) is 0 Å². The third-order valence-corrected chi connectivity index (χ3v) is 8.71. The normalized spacial score (nSPS) is 34.1. The van der Waals surface area contributed by atoms with Crippen molar-refractivity contribution in [3.63, 3.8) is 0 Å². The molecule has 3 aliphatic rings. The quantitative estimate of drug-likeness (QED) is 0.284. The maximum atomic E-state index is 13.8. The molecule has 18 heteroatoms. The van der Waals surface area contributed by atoms with Gasteiger partial charge in [0.1, 0.15) is 36.7 Å². The van der Waals surface area contributed by atoms with Gasteiger partial charge in [-0.05, 0) is 19.8 Å². The fraction of sp³-hybridized carbons (Fsp3) is 0.652. The number of hydrogen-bond acceptors (Lipinski definition) is 13. The summed E-state index contributed by atoms with van der Waals surface area (Å²) in [5.41, 5.74) is -2.21. The van der Waals surface area contributed by atoms with Crippen molar-refractivity contribution in [1.29, 1.82) is 0 Å². The van der Waals surface area contributed by atoms with Crippen LogP contribution in [0.15, 0.2) is 31.6 Å². The first kappa shape index (κ1) is 29.8. The molecule has 8 atom stereocenters. The summed E-state index contributed by atoms with van der Waals surface area (Å²) in [6.45, 7) is 0.256. The molecule has 0 aromatic carbocycles. The van der Waals surface area contributed by atoms with Crippen LogP contribution in [0.1, 0.15) is 36.4 Å². The van der Waals surface area contributed by atoms with Crippen LogP contribution in [-0.2, 0) is 38.8 Å². The van der Waals surface area contributed by atoms with Gasteiger partial charge in [0.25, 0.3) is 11.1 Å². The molecule has 2 fully saturated rings. The second-order valence-electron chi connectivity index (χ2n) is 9.93. The monoisotopic (exact) mass is 602 g/mol. The minimum Gasteiger partial charge on any atom is -0.394 e. The van der Waals surface area contributed by atoms with Gasteiger partial charge < -0.3 is 24.4 Å². The third-order valence-electron chi connectivity index (χ3n) is 7.22. The molecule has 41 heavy (non-hydrogen) atoms. The number of nitrogens with zero attached hydrogens (tertiary/aromatic N) is 2. The van der Waals surface area contributed by atoms with Gasteiger partial charge in [-0.15, -0.1) is 0 Å². The van der Waals surface area contributed by atoms with E-state index in [9.17, 15) is 34.0 Å². The number of hydrogen-bond donors (Lipinski definition) is 4. The largest absolute Gasteiger partial charge is 0.475 e. The van der Waals surface area contributed by atoms with Crippen LogP contribution in [0.4, 0.5) is 0 Å². The van der Waals surface area contributed by atoms with E-state index >= 15 is 0 Å². The highest BCUT2D eigenvalue weighted by Gasteiger charge is 2.48. The molecule has 4 N–H and O–H groups in total. The number of fused-ring (bicyclic) bond motifs is 5. The number of phosphoric acid groups is 1. The van der Waals surface area contributed by atoms with Gasteiger partial charge in [-0.1, -0.05) is 0 Å². The number of rotatable bonds is 5. The van der Waals surface area contributed by atoms with Crippen molar-refractivity contribution in [2.45, 2.75) is 69.2 Å². The first-order valence-corrected chi connectivity index (χ1v) is 14.4. The molecule has 2 aromatic rings. The Hall–Kier alpha value is -2.73. The lowest BCUT2D eigenvalue weighted by molar-refractivity contribution is -0.0672. The van der Waals surface area contributed by atoms with Gasteiger partial charge in [0.15, 0.2) is 6.23 Å². The Bertz CT molecular complexity index is 1550. The topological polar surface area (TPSA) is 223 Å². The van der Waals surface area contributed by atoms with Gasteiger partial charge in [-0.3, -0.25) is 42.3 Å². The first-order valence-electron chi connectivity index (χ1n) is 12.9. The lowest BCUT2D eigenvalue weighted by atomic mass is 10.1. The Morgan fingerprint density at radius 1 is 1.07 bits per heavy atom. The molecule has 4 bridgehead atoms. The number of aryl methyl sites for hydroxylation is 2. The van der Waals surface area contributed by atoms with Crippen LogP contribution in [0.2, 0.25) is 0 Å². The Balaban J connectivity index is 1.39. The molecule has 226 valence electrons. The minimum atomic E-state index is -4.44. The number of aromatic amines is 2. The average Bonchev–Trinajstić information content (AvgIpc) is 3.47. The van der Waals surface area contributed by atoms with E-state index in [1.165, 1.54) is 26.4 Å². The number of aromatic nitrogens is 4. The lowest BCUT2D eigenvalue weighted by Gasteiger charge is -2.25. The summed E-state index contributed by atoms with van der Waals surface area (Å²) in [5.74, 6) is 0. The number of nitrogens with one attached hydrogen (secondary N) is 2. The van der Waals surface area contributed by atoms with Crippen molar-refractivity contribution in [2.75, 3.05) is 26.9 Å². The summed E-state index contributed by atoms with van der Waals surface area (Å²) >= 11 is 0. The Labute approximate surface area is 231 Å². The summed E-state index contributed by atoms with van der Waals surface area (Å²) in [7, 11) is -3.13. The molecule has 0 unspecified atom stereocenters. The van der Waals surface area contributed by atoms with Crippen molar-refractivity contribution >= 4 is 7.82 Å². The van der Waals surface area contributed by atoms with Crippen molar-refractivity contribution in [3.8, 4) is 0 Å². The molecule has 2 aromatic heterocycles. The smallest absolute Gasteiger partial charge is 0.394 e. The van der Waals surface area contributed by atoms with Gasteiger partial charge >= 0.3 is 19.2 Å². The van der Waals surface area contributed by atoms with E-state index in [0.29, 0.717) is 0 Å². The zero-order valence-corrected chi connectivity index (χ0v) is 23.1. The van der Waals surface area contributed by atoms with E-state index in [-0.39, 0.29) is 37.0 Å². The summed E-state index contributed by atoms with van der Waals surface area (Å²) in [5, 5.41) is 20.7. The van der Waals surface area contributed by atoms with E-state index < -0.39 is 86.5 Å². The number of aliphatic hydroxyl groups excluding tert-OH is 2. The van der Waals surface area contributed by atoms with Crippen LogP contribution >= 0.6 is 7.82 Å². The predicted molar refractivity (Wildman–Crippen MR) is 136 cm³/mol. The van der Waals surface area contributed by atoms with Crippen molar-refractivity contribution < 1.29 is 42.6 Å². The molecule has 2 saturated heterocycles. The summed E-state index contributed by atoms with van der Waals surface area (Å²) in [4.78, 5) is 53.5. The number of methoxy groups -OCH3 is 1. The SMILES string of the molecule is CO[C@@H]1[C@H](O)[C@H]2CO[P@@](=O)(O[C@H]3C[C@H](n4cc(C)c(=O)[nH]c4=O)O[C@@H]3CO)OCCCc3cn(c(=O)[nH]c3=O)[C@@H]1O2. The molecule has 3 aliphatic heterocycles. The molecule has 0 amide bonds. The molecule has 0 aliphatic carbocycles. The van der Waals surface area contributed by atoms with Crippen molar-refractivity contribution in [3.05, 3.63) is 65.2 Å². The zero-order chi connectivity index (χ0) is 29.5. The molecular weight excluding hydrogens is 571 g/mol. The van der Waals surface area contributed by atoms with Crippen molar-refractivity contribution in [2.24, 2.45) is 0 Å². The number of ether oxygens (including phenoxy) is 3. The van der Waals surface area contributed by atoms with Crippen LogP contribution < -0.4 is 22.5 Å². The van der Waals surface area contributed by atoms with E-state index in [2.05, 4.69) is 9.97 Å². The van der Waals surface area contributed by atoms with Crippen LogP contribution in [-0.4, -0.2) is 86.8 Å². The van der Waals surface area contributed by atoms with Crippen molar-refractivity contribution in [1.82, 2.24) is 19.1 Å². The highest BCUT2D eigenvalue weighted by Crippen LogP contribution is 2.53. The van der Waals surface area contributed by atoms with Crippen LogP contribution in [0.3, 0.4) is 0 Å². The third kappa shape index (κ3) is 5.95. The lowest BCUT2D eigenvalue weighted by Crippen LogP contribution is -2.40. The van der Waals surface area contributed by atoms with Gasteiger partial charge in [-0.25, -0.2) is 14.2 Å². The predicted octanol–water partition coefficient (Wildman–Crippen LogP) is -1.58. The minimum absolute atomic E-state index is 0.0617. The number of aliphatic hydroxyl groups is 2. The second kappa shape index (κ2) is 11.9. The fourth-order valence-electron chi connectivity index (χ4n) is 5.04. The Morgan fingerprint density at radius 2 is 1.80 bits per heavy atom. The van der Waals surface area contributed by atoms with E-state index in [1.807, 2.05) is 0 Å². The average molecular weight is 602 g/mol. The highest BCUT2D eigenvalue weighted by atomic mass is 31.2. The molecule has 0 saturated carbocycles. The van der Waals surface area contributed by atoms with E-state index in [0.717, 1.165) is 9.13 Å². The molecule has 0 spiro atoms. The fourth-order valence-corrected chi connectivity index (χ4v) is 6.47. The molecule has 17 nitrogen and oxygen atoms in total. The van der Waals surface area contributed by atoms with Gasteiger partial charge in [0.05, 0.1) is 19.8 Å². The number of H-pyrrole nitrogens is 2. The number of phosphoric ester groups is 1. The van der Waals surface area contributed by atoms with Crippen LogP contribution in [0.25, 0.3) is 0 Å².